The van der Waals surface area contributed by atoms with Gasteiger partial charge < -0.3 is 15.5 Å². The van der Waals surface area contributed by atoms with Crippen molar-refractivity contribution in [3.8, 4) is 0 Å². The van der Waals surface area contributed by atoms with Crippen molar-refractivity contribution in [3.63, 3.8) is 0 Å². The number of amides is 1. The summed E-state index contributed by atoms with van der Waals surface area (Å²) in [7, 11) is 0. The van der Waals surface area contributed by atoms with Crippen molar-refractivity contribution in [2.45, 2.75) is 12.5 Å². The number of aliphatic carboxylic acids is 1. The van der Waals surface area contributed by atoms with Gasteiger partial charge in [-0.2, -0.15) is 0 Å². The highest BCUT2D eigenvalue weighted by Gasteiger charge is 2.22. The molecule has 0 aromatic carbocycles. The molecule has 0 radical (unpaired) electrons. The van der Waals surface area contributed by atoms with E-state index in [1.807, 2.05) is 0 Å². The van der Waals surface area contributed by atoms with Crippen LogP contribution in [0.4, 0.5) is 4.39 Å². The van der Waals surface area contributed by atoms with E-state index in [4.69, 9.17) is 21.8 Å². The van der Waals surface area contributed by atoms with E-state index < -0.39 is 30.3 Å². The van der Waals surface area contributed by atoms with Gasteiger partial charge in [0.15, 0.2) is 0 Å². The van der Waals surface area contributed by atoms with Gasteiger partial charge in [-0.05, 0) is 6.07 Å². The summed E-state index contributed by atoms with van der Waals surface area (Å²) in [5.41, 5.74) is -0.263. The molecule has 1 aromatic rings. The Bertz CT molecular complexity index is 469. The molecule has 0 aliphatic rings. The molecule has 0 saturated heterocycles. The van der Waals surface area contributed by atoms with Gasteiger partial charge in [0, 0.05) is 13.0 Å². The highest BCUT2D eigenvalue weighted by atomic mass is 35.5. The smallest absolute Gasteiger partial charge is 0.326 e. The number of carbonyl (C=O) groups excluding carboxylic acids is 1. The van der Waals surface area contributed by atoms with Crippen LogP contribution in [-0.4, -0.2) is 39.7 Å². The molecule has 0 bridgehead atoms. The molecule has 3 N–H and O–H groups in total. The molecular formula is C10H10ClFN2O4. The number of aliphatic hydroxyl groups is 1. The normalized spacial score (nSPS) is 11.9. The average molecular weight is 277 g/mol. The third-order valence-corrected chi connectivity index (χ3v) is 2.37. The Morgan fingerprint density at radius 3 is 2.78 bits per heavy atom. The number of aliphatic hydroxyl groups excluding tert-OH is 1. The van der Waals surface area contributed by atoms with E-state index in [1.165, 1.54) is 0 Å². The molecule has 98 valence electrons. The highest BCUT2D eigenvalue weighted by Crippen LogP contribution is 2.13. The molecule has 1 amide bonds. The molecular weight excluding hydrogens is 267 g/mol. The quantitative estimate of drug-likeness (QED) is 0.678. The van der Waals surface area contributed by atoms with Gasteiger partial charge in [-0.25, -0.2) is 14.2 Å². The van der Waals surface area contributed by atoms with Crippen LogP contribution in [0.15, 0.2) is 12.3 Å². The molecule has 1 atom stereocenters. The lowest BCUT2D eigenvalue weighted by Gasteiger charge is -2.13. The van der Waals surface area contributed by atoms with E-state index in [0.717, 1.165) is 12.3 Å². The predicted molar refractivity (Wildman–Crippen MR) is 59.8 cm³/mol. The van der Waals surface area contributed by atoms with E-state index >= 15 is 0 Å². The zero-order chi connectivity index (χ0) is 13.7. The van der Waals surface area contributed by atoms with Crippen LogP contribution in [-0.2, 0) is 4.79 Å². The molecule has 0 aliphatic carbocycles. The van der Waals surface area contributed by atoms with Crippen LogP contribution in [0.1, 0.15) is 16.8 Å². The first-order chi connectivity index (χ1) is 8.45. The van der Waals surface area contributed by atoms with E-state index in [1.54, 1.807) is 0 Å². The Labute approximate surface area is 106 Å². The van der Waals surface area contributed by atoms with Gasteiger partial charge >= 0.3 is 5.97 Å². The maximum atomic E-state index is 12.9. The summed E-state index contributed by atoms with van der Waals surface area (Å²) in [6.07, 6.45) is 0.670. The number of rotatable bonds is 5. The summed E-state index contributed by atoms with van der Waals surface area (Å²) in [6.45, 7) is -0.410. The van der Waals surface area contributed by atoms with Crippen molar-refractivity contribution in [1.29, 1.82) is 0 Å². The summed E-state index contributed by atoms with van der Waals surface area (Å²) >= 11 is 5.60. The largest absolute Gasteiger partial charge is 0.480 e. The number of carboxylic acids is 1. The lowest BCUT2D eigenvalue weighted by Crippen LogP contribution is -2.41. The van der Waals surface area contributed by atoms with Gasteiger partial charge in [-0.15, -0.1) is 0 Å². The van der Waals surface area contributed by atoms with Crippen LogP contribution < -0.4 is 5.32 Å². The van der Waals surface area contributed by atoms with Crippen LogP contribution in [0.25, 0.3) is 0 Å². The van der Waals surface area contributed by atoms with Crippen molar-refractivity contribution < 1.29 is 24.2 Å². The van der Waals surface area contributed by atoms with Gasteiger partial charge in [-0.3, -0.25) is 4.79 Å². The number of hydrogen-bond acceptors (Lipinski definition) is 4. The van der Waals surface area contributed by atoms with Gasteiger partial charge in [0.1, 0.15) is 17.0 Å². The molecule has 1 rings (SSSR count). The Morgan fingerprint density at radius 1 is 1.56 bits per heavy atom. The van der Waals surface area contributed by atoms with Crippen LogP contribution in [0.3, 0.4) is 0 Å². The second kappa shape index (κ2) is 6.27. The first kappa shape index (κ1) is 14.3. The second-order valence-corrected chi connectivity index (χ2v) is 3.73. The van der Waals surface area contributed by atoms with Crippen LogP contribution in [0.2, 0.25) is 5.15 Å². The number of pyridine rings is 1. The number of nitrogens with zero attached hydrogens (tertiary/aromatic N) is 1. The number of carboxylic acid groups (broad SMARTS) is 1. The lowest BCUT2D eigenvalue weighted by molar-refractivity contribution is -0.139. The third-order valence-electron chi connectivity index (χ3n) is 2.07. The SMILES string of the molecule is O=C(NC(CCO)C(=O)O)c1cc(F)cnc1Cl. The maximum absolute atomic E-state index is 12.9. The van der Waals surface area contributed by atoms with E-state index in [2.05, 4.69) is 10.3 Å². The van der Waals surface area contributed by atoms with Crippen LogP contribution >= 0.6 is 11.6 Å². The summed E-state index contributed by atoms with van der Waals surface area (Å²) in [5.74, 6) is -2.94. The zero-order valence-electron chi connectivity index (χ0n) is 9.06. The molecule has 1 aromatic heterocycles. The average Bonchev–Trinajstić information content (AvgIpc) is 2.31. The first-order valence-electron chi connectivity index (χ1n) is 4.91. The van der Waals surface area contributed by atoms with E-state index in [9.17, 15) is 14.0 Å². The van der Waals surface area contributed by atoms with Crippen molar-refractivity contribution in [1.82, 2.24) is 10.3 Å². The summed E-state index contributed by atoms with van der Waals surface area (Å²) < 4.78 is 12.9. The lowest BCUT2D eigenvalue weighted by atomic mass is 10.2. The van der Waals surface area contributed by atoms with Crippen molar-refractivity contribution in [2.75, 3.05) is 6.61 Å². The Balaban J connectivity index is 2.86. The highest BCUT2D eigenvalue weighted by molar-refractivity contribution is 6.32. The van der Waals surface area contributed by atoms with Crippen molar-refractivity contribution in [2.24, 2.45) is 0 Å². The summed E-state index contributed by atoms with van der Waals surface area (Å²) in [5, 5.41) is 19.3. The van der Waals surface area contributed by atoms with Gasteiger partial charge in [-0.1, -0.05) is 11.6 Å². The predicted octanol–water partition coefficient (Wildman–Crippen LogP) is 0.439. The van der Waals surface area contributed by atoms with Crippen molar-refractivity contribution >= 4 is 23.5 Å². The minimum absolute atomic E-state index is 0.165. The molecule has 1 unspecified atom stereocenters. The molecule has 0 fully saturated rings. The molecule has 1 heterocycles. The van der Waals surface area contributed by atoms with Crippen LogP contribution in [0, 0.1) is 5.82 Å². The Kier molecular flexibility index (Phi) is 4.99. The molecule has 18 heavy (non-hydrogen) atoms. The topological polar surface area (TPSA) is 99.5 Å². The fourth-order valence-corrected chi connectivity index (χ4v) is 1.39. The second-order valence-electron chi connectivity index (χ2n) is 3.37. The van der Waals surface area contributed by atoms with E-state index in [-0.39, 0.29) is 17.1 Å². The Morgan fingerprint density at radius 2 is 2.22 bits per heavy atom. The summed E-state index contributed by atoms with van der Waals surface area (Å²) in [6, 6.07) is -0.426. The number of hydrogen-bond donors (Lipinski definition) is 3. The zero-order valence-corrected chi connectivity index (χ0v) is 9.82. The molecule has 6 nitrogen and oxygen atoms in total. The summed E-state index contributed by atoms with van der Waals surface area (Å²) in [4.78, 5) is 25.9. The minimum Gasteiger partial charge on any atom is -0.480 e. The third kappa shape index (κ3) is 3.64. The maximum Gasteiger partial charge on any atom is 0.326 e. The van der Waals surface area contributed by atoms with Gasteiger partial charge in [0.25, 0.3) is 5.91 Å². The van der Waals surface area contributed by atoms with Crippen LogP contribution in [0.5, 0.6) is 0 Å². The van der Waals surface area contributed by atoms with Gasteiger partial charge in [0.05, 0.1) is 11.8 Å². The minimum atomic E-state index is -1.31. The molecule has 0 spiro atoms. The van der Waals surface area contributed by atoms with Crippen molar-refractivity contribution in [3.05, 3.63) is 28.8 Å². The number of aromatic nitrogens is 1. The molecule has 0 aliphatic heterocycles. The first-order valence-corrected chi connectivity index (χ1v) is 5.29. The molecule has 8 heteroatoms. The standard InChI is InChI=1S/C10H10ClFN2O4/c11-8-6(3-5(12)4-13-8)9(16)14-7(1-2-15)10(17)18/h3-4,7,15H,1-2H2,(H,14,16)(H,17,18). The number of carbonyl (C=O) groups is 2. The Hall–Kier alpha value is -1.73. The fourth-order valence-electron chi connectivity index (χ4n) is 1.20. The number of nitrogens with one attached hydrogen (secondary N) is 1. The van der Waals surface area contributed by atoms with Gasteiger partial charge in [0.2, 0.25) is 0 Å². The monoisotopic (exact) mass is 276 g/mol. The fraction of sp³-hybridized carbons (Fsp3) is 0.300. The molecule has 0 saturated carbocycles. The number of halogens is 2. The van der Waals surface area contributed by atoms with E-state index in [0.29, 0.717) is 0 Å².